The van der Waals surface area contributed by atoms with E-state index in [1.165, 1.54) is 0 Å². The van der Waals surface area contributed by atoms with Crippen LogP contribution in [0.2, 0.25) is 0 Å². The Morgan fingerprint density at radius 3 is 2.75 bits per heavy atom. The third-order valence-electron chi connectivity index (χ3n) is 2.35. The Bertz CT molecular complexity index is 172. The number of ether oxygens (including phenoxy) is 1. The molecule has 0 bridgehead atoms. The summed E-state index contributed by atoms with van der Waals surface area (Å²) in [5.41, 5.74) is 0. The zero-order valence-corrected chi connectivity index (χ0v) is 7.41. The molecule has 0 aromatic carbocycles. The molecule has 0 aliphatic carbocycles. The summed E-state index contributed by atoms with van der Waals surface area (Å²) in [5.74, 6) is -0.505. The number of hydrogen-bond donors (Lipinski definition) is 2. The molecule has 1 rings (SSSR count). The molecular formula is C8H15NO3. The van der Waals surface area contributed by atoms with Gasteiger partial charge in [0.1, 0.15) is 6.04 Å². The highest BCUT2D eigenvalue weighted by molar-refractivity contribution is 5.74. The minimum absolute atomic E-state index is 0.174. The lowest BCUT2D eigenvalue weighted by Crippen LogP contribution is -2.46. The lowest BCUT2D eigenvalue weighted by atomic mass is 9.98. The fourth-order valence-corrected chi connectivity index (χ4v) is 1.57. The van der Waals surface area contributed by atoms with Gasteiger partial charge in [-0.2, -0.15) is 0 Å². The molecule has 1 aliphatic rings. The summed E-state index contributed by atoms with van der Waals surface area (Å²) in [6.07, 6.45) is 0.781. The van der Waals surface area contributed by atoms with E-state index in [9.17, 15) is 4.79 Å². The van der Waals surface area contributed by atoms with Crippen molar-refractivity contribution in [1.82, 2.24) is 5.32 Å². The summed E-state index contributed by atoms with van der Waals surface area (Å²) in [7, 11) is 1.65. The third kappa shape index (κ3) is 1.76. The third-order valence-corrected chi connectivity index (χ3v) is 2.35. The van der Waals surface area contributed by atoms with Crippen molar-refractivity contribution in [3.63, 3.8) is 0 Å². The molecule has 4 nitrogen and oxygen atoms in total. The lowest BCUT2D eigenvalue weighted by molar-refractivity contribution is -0.143. The number of carbonyl (C=O) groups is 1. The number of carboxylic acid groups (broad SMARTS) is 1. The molecule has 12 heavy (non-hydrogen) atoms. The van der Waals surface area contributed by atoms with Crippen LogP contribution in [0.5, 0.6) is 0 Å². The predicted octanol–water partition coefficient (Wildman–Crippen LogP) is 0.0840. The number of nitrogens with one attached hydrogen (secondary N) is 1. The van der Waals surface area contributed by atoms with Gasteiger partial charge >= 0.3 is 5.97 Å². The Hall–Kier alpha value is -0.610. The van der Waals surface area contributed by atoms with Crippen LogP contribution in [0.25, 0.3) is 0 Å². The van der Waals surface area contributed by atoms with E-state index in [1.54, 1.807) is 7.05 Å². The largest absolute Gasteiger partial charge is 0.480 e. The van der Waals surface area contributed by atoms with E-state index in [2.05, 4.69) is 5.32 Å². The SMILES string of the molecule is CN[C@H](C(=O)O)[C@H]1OCC[C@H]1C. The van der Waals surface area contributed by atoms with Crippen molar-refractivity contribution in [2.75, 3.05) is 13.7 Å². The number of aliphatic carboxylic acids is 1. The van der Waals surface area contributed by atoms with E-state index < -0.39 is 12.0 Å². The van der Waals surface area contributed by atoms with Gasteiger partial charge in [0, 0.05) is 6.61 Å². The summed E-state index contributed by atoms with van der Waals surface area (Å²) in [6.45, 7) is 2.70. The molecule has 0 aromatic heterocycles. The first-order valence-corrected chi connectivity index (χ1v) is 4.18. The van der Waals surface area contributed by atoms with Gasteiger partial charge in [-0.3, -0.25) is 4.79 Å². The van der Waals surface area contributed by atoms with Gasteiger partial charge in [-0.25, -0.2) is 0 Å². The van der Waals surface area contributed by atoms with Crippen LogP contribution in [0.3, 0.4) is 0 Å². The van der Waals surface area contributed by atoms with Crippen LogP contribution in [-0.4, -0.2) is 36.9 Å². The molecular weight excluding hydrogens is 158 g/mol. The first-order valence-electron chi connectivity index (χ1n) is 4.18. The van der Waals surface area contributed by atoms with Crippen LogP contribution in [0.4, 0.5) is 0 Å². The molecule has 1 fully saturated rings. The molecule has 0 aromatic rings. The van der Waals surface area contributed by atoms with Crippen LogP contribution >= 0.6 is 0 Å². The van der Waals surface area contributed by atoms with Crippen molar-refractivity contribution in [2.24, 2.45) is 5.92 Å². The van der Waals surface area contributed by atoms with Crippen LogP contribution in [0, 0.1) is 5.92 Å². The zero-order valence-electron chi connectivity index (χ0n) is 7.41. The van der Waals surface area contributed by atoms with E-state index in [1.807, 2.05) is 6.92 Å². The monoisotopic (exact) mass is 173 g/mol. The van der Waals surface area contributed by atoms with Crippen molar-refractivity contribution in [2.45, 2.75) is 25.5 Å². The maximum atomic E-state index is 10.7. The maximum absolute atomic E-state index is 10.7. The number of hydrogen-bond acceptors (Lipinski definition) is 3. The highest BCUT2D eigenvalue weighted by Crippen LogP contribution is 2.22. The van der Waals surface area contributed by atoms with Crippen molar-refractivity contribution in [3.8, 4) is 0 Å². The zero-order chi connectivity index (χ0) is 9.14. The summed E-state index contributed by atoms with van der Waals surface area (Å²) in [5, 5.41) is 11.6. The quantitative estimate of drug-likeness (QED) is 0.634. The van der Waals surface area contributed by atoms with Gasteiger partial charge in [-0.15, -0.1) is 0 Å². The summed E-state index contributed by atoms with van der Waals surface area (Å²) in [4.78, 5) is 10.7. The molecule has 1 heterocycles. The molecule has 0 unspecified atom stereocenters. The Labute approximate surface area is 71.9 Å². The Balaban J connectivity index is 2.58. The van der Waals surface area contributed by atoms with Gasteiger partial charge in [0.25, 0.3) is 0 Å². The number of rotatable bonds is 3. The van der Waals surface area contributed by atoms with Gasteiger partial charge in [-0.1, -0.05) is 6.92 Å². The van der Waals surface area contributed by atoms with Crippen LogP contribution in [0.15, 0.2) is 0 Å². The van der Waals surface area contributed by atoms with Crippen LogP contribution < -0.4 is 5.32 Å². The second-order valence-corrected chi connectivity index (χ2v) is 3.21. The average molecular weight is 173 g/mol. The van der Waals surface area contributed by atoms with Gasteiger partial charge in [0.05, 0.1) is 6.10 Å². The van der Waals surface area contributed by atoms with E-state index >= 15 is 0 Å². The molecule has 0 saturated carbocycles. The van der Waals surface area contributed by atoms with E-state index in [0.717, 1.165) is 6.42 Å². The second kappa shape index (κ2) is 3.87. The van der Waals surface area contributed by atoms with Crippen molar-refractivity contribution >= 4 is 5.97 Å². The normalized spacial score (nSPS) is 31.8. The first-order chi connectivity index (χ1) is 5.66. The maximum Gasteiger partial charge on any atom is 0.323 e. The molecule has 2 N–H and O–H groups in total. The molecule has 0 spiro atoms. The summed E-state index contributed by atoms with van der Waals surface area (Å²) < 4.78 is 5.34. The molecule has 70 valence electrons. The second-order valence-electron chi connectivity index (χ2n) is 3.21. The lowest BCUT2D eigenvalue weighted by Gasteiger charge is -2.21. The smallest absolute Gasteiger partial charge is 0.323 e. The van der Waals surface area contributed by atoms with E-state index in [-0.39, 0.29) is 6.10 Å². The van der Waals surface area contributed by atoms with Gasteiger partial charge in [-0.05, 0) is 19.4 Å². The summed E-state index contributed by atoms with van der Waals surface area (Å²) >= 11 is 0. The molecule has 1 saturated heterocycles. The molecule has 1 aliphatic heterocycles. The number of carboxylic acids is 1. The van der Waals surface area contributed by atoms with Crippen molar-refractivity contribution in [1.29, 1.82) is 0 Å². The summed E-state index contributed by atoms with van der Waals surface area (Å²) in [6, 6.07) is -0.567. The van der Waals surface area contributed by atoms with Gasteiger partial charge in [0.15, 0.2) is 0 Å². The molecule has 4 heteroatoms. The first kappa shape index (κ1) is 9.48. The van der Waals surface area contributed by atoms with Gasteiger partial charge < -0.3 is 15.2 Å². The Kier molecular flexibility index (Phi) is 3.05. The molecule has 0 amide bonds. The predicted molar refractivity (Wildman–Crippen MR) is 44.0 cm³/mol. The van der Waals surface area contributed by atoms with Crippen LogP contribution in [-0.2, 0) is 9.53 Å². The van der Waals surface area contributed by atoms with E-state index in [0.29, 0.717) is 12.5 Å². The Morgan fingerprint density at radius 2 is 2.42 bits per heavy atom. The molecule has 0 radical (unpaired) electrons. The van der Waals surface area contributed by atoms with Crippen molar-refractivity contribution in [3.05, 3.63) is 0 Å². The topological polar surface area (TPSA) is 58.6 Å². The van der Waals surface area contributed by atoms with Gasteiger partial charge in [0.2, 0.25) is 0 Å². The van der Waals surface area contributed by atoms with Crippen LogP contribution in [0.1, 0.15) is 13.3 Å². The molecule has 3 atom stereocenters. The fraction of sp³-hybridized carbons (Fsp3) is 0.875. The average Bonchev–Trinajstić information content (AvgIpc) is 2.38. The van der Waals surface area contributed by atoms with Crippen molar-refractivity contribution < 1.29 is 14.6 Å². The minimum atomic E-state index is -0.837. The highest BCUT2D eigenvalue weighted by Gasteiger charge is 2.35. The fourth-order valence-electron chi connectivity index (χ4n) is 1.57. The number of likely N-dealkylation sites (N-methyl/N-ethyl adjacent to an activating group) is 1. The Morgan fingerprint density at radius 1 is 1.75 bits per heavy atom. The standard InChI is InChI=1S/C8H15NO3/c1-5-3-4-12-7(5)6(9-2)8(10)11/h5-7,9H,3-4H2,1-2H3,(H,10,11)/t5-,6+,7+/m1/s1. The van der Waals surface area contributed by atoms with E-state index in [4.69, 9.17) is 9.84 Å². The minimum Gasteiger partial charge on any atom is -0.480 e. The highest BCUT2D eigenvalue weighted by atomic mass is 16.5.